The van der Waals surface area contributed by atoms with Crippen LogP contribution in [0, 0.1) is 10.5 Å². The third-order valence-electron chi connectivity index (χ3n) is 3.27. The number of hydrogen-bond acceptors (Lipinski definition) is 4. The molecule has 1 amide bonds. The Morgan fingerprint density at radius 3 is 2.78 bits per heavy atom. The summed E-state index contributed by atoms with van der Waals surface area (Å²) in [6, 6.07) is 12.6. The lowest BCUT2D eigenvalue weighted by Gasteiger charge is -2.09. The van der Waals surface area contributed by atoms with Crippen LogP contribution < -0.4 is 11.1 Å². The van der Waals surface area contributed by atoms with E-state index >= 15 is 0 Å². The summed E-state index contributed by atoms with van der Waals surface area (Å²) in [6.45, 7) is 1.96. The van der Waals surface area contributed by atoms with E-state index in [1.807, 2.05) is 19.1 Å². The zero-order valence-corrected chi connectivity index (χ0v) is 14.2. The average molecular weight is 421 g/mol. The van der Waals surface area contributed by atoms with Gasteiger partial charge in [-0.1, -0.05) is 29.4 Å². The molecule has 0 unspecified atom stereocenters. The molecule has 2 N–H and O–H groups in total. The number of aromatic nitrogens is 2. The zero-order valence-electron chi connectivity index (χ0n) is 12.1. The maximum Gasteiger partial charge on any atom is 0.439 e. The predicted molar refractivity (Wildman–Crippen MR) is 94.4 cm³/mol. The normalized spacial score (nSPS) is 10.5. The number of nitrogens with zero attached hydrogens (tertiary/aromatic N) is 1. The molecule has 0 saturated carbocycles. The number of halogens is 1. The van der Waals surface area contributed by atoms with Crippen molar-refractivity contribution in [3.8, 4) is 11.4 Å². The van der Waals surface area contributed by atoms with Crippen molar-refractivity contribution in [3.05, 3.63) is 67.7 Å². The summed E-state index contributed by atoms with van der Waals surface area (Å²) >= 11 is 2.16. The predicted octanol–water partition coefficient (Wildman–Crippen LogP) is 3.20. The first-order chi connectivity index (χ1) is 11.0. The minimum absolute atomic E-state index is 0.191. The number of amides is 1. The number of hydrogen-bond donors (Lipinski definition) is 2. The van der Waals surface area contributed by atoms with Gasteiger partial charge < -0.3 is 5.32 Å². The quantitative estimate of drug-likeness (QED) is 0.636. The van der Waals surface area contributed by atoms with Gasteiger partial charge in [0.15, 0.2) is 5.82 Å². The van der Waals surface area contributed by atoms with Crippen LogP contribution in [0.15, 0.2) is 51.8 Å². The van der Waals surface area contributed by atoms with Crippen molar-refractivity contribution >= 4 is 34.2 Å². The van der Waals surface area contributed by atoms with Gasteiger partial charge in [-0.3, -0.25) is 14.3 Å². The van der Waals surface area contributed by atoms with Gasteiger partial charge in [0.1, 0.15) is 0 Å². The molecule has 0 bridgehead atoms. The van der Waals surface area contributed by atoms with E-state index in [0.717, 1.165) is 9.13 Å². The molecular weight excluding hydrogens is 409 g/mol. The van der Waals surface area contributed by atoms with Crippen molar-refractivity contribution in [2.45, 2.75) is 6.92 Å². The lowest BCUT2D eigenvalue weighted by molar-refractivity contribution is 0.102. The second kappa shape index (κ2) is 6.37. The number of carbonyl (C=O) groups excluding carboxylic acids is 1. The summed E-state index contributed by atoms with van der Waals surface area (Å²) < 4.78 is 5.40. The molecular formula is C16H12IN3O3. The van der Waals surface area contributed by atoms with Gasteiger partial charge in [-0.25, -0.2) is 4.79 Å². The monoisotopic (exact) mass is 421 g/mol. The van der Waals surface area contributed by atoms with Crippen LogP contribution in [0.3, 0.4) is 0 Å². The molecule has 116 valence electrons. The third-order valence-corrected chi connectivity index (χ3v) is 4.70. The molecule has 0 fully saturated rings. The molecule has 0 saturated heterocycles. The van der Waals surface area contributed by atoms with E-state index in [0.29, 0.717) is 22.6 Å². The van der Waals surface area contributed by atoms with Crippen molar-refractivity contribution in [2.75, 3.05) is 5.32 Å². The van der Waals surface area contributed by atoms with Crippen LogP contribution >= 0.6 is 22.6 Å². The SMILES string of the molecule is Cc1cccc(C(=O)Nc2cccc(-c3noc(=O)[nH]3)c2)c1I. The molecule has 1 aromatic heterocycles. The Bertz CT molecular complexity index is 930. The van der Waals surface area contributed by atoms with Gasteiger partial charge in [-0.05, 0) is 53.3 Å². The van der Waals surface area contributed by atoms with Crippen LogP contribution in [0.1, 0.15) is 15.9 Å². The molecule has 0 aliphatic heterocycles. The van der Waals surface area contributed by atoms with Gasteiger partial charge in [-0.2, -0.15) is 0 Å². The van der Waals surface area contributed by atoms with Crippen LogP contribution in [0.25, 0.3) is 11.4 Å². The van der Waals surface area contributed by atoms with E-state index in [-0.39, 0.29) is 5.91 Å². The maximum atomic E-state index is 12.4. The van der Waals surface area contributed by atoms with Crippen molar-refractivity contribution < 1.29 is 9.32 Å². The Kier molecular flexibility index (Phi) is 4.28. The lowest BCUT2D eigenvalue weighted by atomic mass is 10.1. The third kappa shape index (κ3) is 3.34. The number of nitrogens with one attached hydrogen (secondary N) is 2. The summed E-state index contributed by atoms with van der Waals surface area (Å²) in [6.07, 6.45) is 0. The maximum absolute atomic E-state index is 12.4. The second-order valence-corrected chi connectivity index (χ2v) is 5.99. The molecule has 7 heteroatoms. The second-order valence-electron chi connectivity index (χ2n) is 4.92. The molecule has 1 heterocycles. The number of anilines is 1. The van der Waals surface area contributed by atoms with E-state index in [1.165, 1.54) is 0 Å². The van der Waals surface area contributed by atoms with E-state index in [9.17, 15) is 9.59 Å². The fourth-order valence-electron chi connectivity index (χ4n) is 2.12. The first kappa shape index (κ1) is 15.5. The molecule has 6 nitrogen and oxygen atoms in total. The first-order valence-corrected chi connectivity index (χ1v) is 7.85. The summed E-state index contributed by atoms with van der Waals surface area (Å²) in [5, 5.41) is 6.48. The molecule has 0 spiro atoms. The largest absolute Gasteiger partial charge is 0.439 e. The highest BCUT2D eigenvalue weighted by Gasteiger charge is 2.12. The summed E-state index contributed by atoms with van der Waals surface area (Å²) in [5.74, 6) is -0.496. The fraction of sp³-hybridized carbons (Fsp3) is 0.0625. The summed E-state index contributed by atoms with van der Waals surface area (Å²) in [7, 11) is 0. The molecule has 0 aliphatic carbocycles. The fourth-order valence-corrected chi connectivity index (χ4v) is 2.72. The van der Waals surface area contributed by atoms with E-state index in [2.05, 4.69) is 42.6 Å². The van der Waals surface area contributed by atoms with Crippen molar-refractivity contribution in [2.24, 2.45) is 0 Å². The molecule has 0 radical (unpaired) electrons. The minimum atomic E-state index is -0.622. The van der Waals surface area contributed by atoms with Gasteiger partial charge in [-0.15, -0.1) is 0 Å². The number of aryl methyl sites for hydroxylation is 1. The Hall–Kier alpha value is -2.42. The first-order valence-electron chi connectivity index (χ1n) is 6.77. The lowest BCUT2D eigenvalue weighted by Crippen LogP contribution is -2.14. The highest BCUT2D eigenvalue weighted by molar-refractivity contribution is 14.1. The number of carbonyl (C=O) groups is 1. The van der Waals surface area contributed by atoms with Gasteiger partial charge in [0.25, 0.3) is 5.91 Å². The summed E-state index contributed by atoms with van der Waals surface area (Å²) in [5.41, 5.74) is 2.92. The van der Waals surface area contributed by atoms with Gasteiger partial charge in [0.2, 0.25) is 0 Å². The van der Waals surface area contributed by atoms with Crippen LogP contribution in [-0.4, -0.2) is 16.0 Å². The smallest absolute Gasteiger partial charge is 0.322 e. The van der Waals surface area contributed by atoms with Crippen molar-refractivity contribution in [1.82, 2.24) is 10.1 Å². The Morgan fingerprint density at radius 1 is 1.26 bits per heavy atom. The van der Waals surface area contributed by atoms with E-state index < -0.39 is 5.76 Å². The Balaban J connectivity index is 1.87. The average Bonchev–Trinajstić information content (AvgIpc) is 2.97. The van der Waals surface area contributed by atoms with Gasteiger partial charge in [0, 0.05) is 14.8 Å². The van der Waals surface area contributed by atoms with E-state index in [4.69, 9.17) is 0 Å². The van der Waals surface area contributed by atoms with E-state index in [1.54, 1.807) is 30.3 Å². The van der Waals surface area contributed by atoms with Gasteiger partial charge >= 0.3 is 5.76 Å². The standard InChI is InChI=1S/C16H12IN3O3/c1-9-4-2-7-12(13(9)17)15(21)18-11-6-3-5-10(8-11)14-19-16(22)23-20-14/h2-8H,1H3,(H,18,21)(H,19,20,22). The van der Waals surface area contributed by atoms with Gasteiger partial charge in [0.05, 0.1) is 5.56 Å². The highest BCUT2D eigenvalue weighted by atomic mass is 127. The van der Waals surface area contributed by atoms with Crippen LogP contribution in [0.2, 0.25) is 0 Å². The molecule has 23 heavy (non-hydrogen) atoms. The number of rotatable bonds is 3. The number of benzene rings is 2. The number of H-pyrrole nitrogens is 1. The van der Waals surface area contributed by atoms with Crippen LogP contribution in [-0.2, 0) is 0 Å². The molecule has 0 aliphatic rings. The Morgan fingerprint density at radius 2 is 2.04 bits per heavy atom. The highest BCUT2D eigenvalue weighted by Crippen LogP contribution is 2.21. The molecule has 3 rings (SSSR count). The van der Waals surface area contributed by atoms with Crippen LogP contribution in [0.4, 0.5) is 5.69 Å². The van der Waals surface area contributed by atoms with Crippen molar-refractivity contribution in [3.63, 3.8) is 0 Å². The number of aromatic amines is 1. The minimum Gasteiger partial charge on any atom is -0.322 e. The van der Waals surface area contributed by atoms with Crippen LogP contribution in [0.5, 0.6) is 0 Å². The molecule has 0 atom stereocenters. The van der Waals surface area contributed by atoms with Crippen molar-refractivity contribution in [1.29, 1.82) is 0 Å². The topological polar surface area (TPSA) is 88.0 Å². The zero-order chi connectivity index (χ0) is 16.4. The molecule has 3 aromatic rings. The molecule has 2 aromatic carbocycles. The Labute approximate surface area is 145 Å². The summed E-state index contributed by atoms with van der Waals surface area (Å²) in [4.78, 5) is 25.9.